The van der Waals surface area contributed by atoms with Crippen LogP contribution in [0.15, 0.2) is 17.3 Å². The van der Waals surface area contributed by atoms with Gasteiger partial charge in [-0.25, -0.2) is 4.79 Å². The lowest BCUT2D eigenvalue weighted by Gasteiger charge is -2.04. The lowest BCUT2D eigenvalue weighted by atomic mass is 9.89. The highest BCUT2D eigenvalue weighted by molar-refractivity contribution is 6.37. The molecule has 0 amide bonds. The Bertz CT molecular complexity index is 378. The van der Waals surface area contributed by atoms with Gasteiger partial charge in [0, 0.05) is 0 Å². The molecule has 0 atom stereocenters. The van der Waals surface area contributed by atoms with E-state index < -0.39 is 5.97 Å². The molecule has 0 aromatic heterocycles. The Labute approximate surface area is 74.9 Å². The summed E-state index contributed by atoms with van der Waals surface area (Å²) < 4.78 is 0. The van der Waals surface area contributed by atoms with E-state index in [4.69, 9.17) is 10.8 Å². The number of nitrogens with two attached hydrogens (primary N) is 1. The molecule has 0 aliphatic carbocycles. The zero-order valence-corrected chi connectivity index (χ0v) is 6.94. The molecule has 0 aliphatic rings. The van der Waals surface area contributed by atoms with Crippen LogP contribution >= 0.6 is 0 Å². The molecule has 0 spiro atoms. The highest BCUT2D eigenvalue weighted by Gasteiger charge is 2.15. The normalized spacial score (nSPS) is 9.54. The van der Waals surface area contributed by atoms with E-state index in [2.05, 4.69) is 5.18 Å². The fraction of sp³-hybridized carbons (Fsp3) is 0. The third-order valence-electron chi connectivity index (χ3n) is 1.72. The molecule has 3 N–H and O–H groups in total. The summed E-state index contributed by atoms with van der Waals surface area (Å²) in [5.74, 6) is -1.19. The van der Waals surface area contributed by atoms with Crippen LogP contribution in [0, 0.1) is 4.91 Å². The molecule has 0 radical (unpaired) electrons. The average molecular weight is 178 g/mol. The summed E-state index contributed by atoms with van der Waals surface area (Å²) in [5.41, 5.74) is 5.60. The number of hydrogen-bond donors (Lipinski definition) is 2. The number of anilines is 1. The maximum Gasteiger partial charge on any atom is 0.337 e. The largest absolute Gasteiger partial charge is 0.478 e. The van der Waals surface area contributed by atoms with E-state index in [9.17, 15) is 9.70 Å². The van der Waals surface area contributed by atoms with E-state index in [0.29, 0.717) is 5.46 Å². The van der Waals surface area contributed by atoms with Crippen LogP contribution in [0.3, 0.4) is 0 Å². The van der Waals surface area contributed by atoms with Gasteiger partial charge in [-0.2, -0.15) is 0 Å². The molecule has 13 heavy (non-hydrogen) atoms. The second-order valence-corrected chi connectivity index (χ2v) is 2.59. The number of carbonyl (C=O) groups is 1. The molecule has 0 unspecified atom stereocenters. The molecular weight excluding hydrogens is 171 g/mol. The quantitative estimate of drug-likeness (QED) is 0.366. The van der Waals surface area contributed by atoms with Gasteiger partial charge in [0.2, 0.25) is 0 Å². The first-order valence-electron chi connectivity index (χ1n) is 3.53. The fourth-order valence-corrected chi connectivity index (χ4v) is 1.08. The molecule has 6 heteroatoms. The molecular formula is C7H7BN2O3. The molecule has 66 valence electrons. The van der Waals surface area contributed by atoms with Gasteiger partial charge in [0.15, 0.2) is 0 Å². The molecule has 1 aromatic rings. The Morgan fingerprint density at radius 3 is 2.54 bits per heavy atom. The van der Waals surface area contributed by atoms with Crippen molar-refractivity contribution in [3.8, 4) is 0 Å². The summed E-state index contributed by atoms with van der Waals surface area (Å²) in [5, 5.41) is 11.3. The van der Waals surface area contributed by atoms with E-state index in [-0.39, 0.29) is 16.9 Å². The summed E-state index contributed by atoms with van der Waals surface area (Å²) in [6.07, 6.45) is 0. The van der Waals surface area contributed by atoms with Crippen molar-refractivity contribution < 1.29 is 9.90 Å². The number of carboxylic acid groups (broad SMARTS) is 1. The van der Waals surface area contributed by atoms with Gasteiger partial charge in [-0.1, -0.05) is 11.5 Å². The first-order chi connectivity index (χ1) is 6.07. The molecule has 0 aliphatic heterocycles. The first-order valence-corrected chi connectivity index (χ1v) is 3.53. The van der Waals surface area contributed by atoms with Gasteiger partial charge in [0.05, 0.1) is 11.3 Å². The zero-order valence-electron chi connectivity index (χ0n) is 6.94. The van der Waals surface area contributed by atoms with Crippen LogP contribution in [-0.2, 0) is 0 Å². The summed E-state index contributed by atoms with van der Waals surface area (Å²) in [6.45, 7) is 0. The minimum atomic E-state index is -1.19. The summed E-state index contributed by atoms with van der Waals surface area (Å²) in [4.78, 5) is 21.0. The van der Waals surface area contributed by atoms with Crippen molar-refractivity contribution in [1.82, 2.24) is 0 Å². The van der Waals surface area contributed by atoms with Crippen LogP contribution in [0.1, 0.15) is 10.4 Å². The van der Waals surface area contributed by atoms with Crippen molar-refractivity contribution in [3.63, 3.8) is 0 Å². The van der Waals surface area contributed by atoms with Crippen molar-refractivity contribution in [3.05, 3.63) is 22.6 Å². The molecule has 0 heterocycles. The van der Waals surface area contributed by atoms with Crippen LogP contribution in [-0.4, -0.2) is 18.9 Å². The second-order valence-electron chi connectivity index (χ2n) is 2.59. The molecule has 5 nitrogen and oxygen atoms in total. The van der Waals surface area contributed by atoms with E-state index in [1.807, 2.05) is 0 Å². The van der Waals surface area contributed by atoms with Crippen LogP contribution in [0.2, 0.25) is 0 Å². The smallest absolute Gasteiger partial charge is 0.337 e. The first kappa shape index (κ1) is 9.24. The van der Waals surface area contributed by atoms with Crippen molar-refractivity contribution >= 4 is 30.7 Å². The molecule has 1 rings (SSSR count). The highest BCUT2D eigenvalue weighted by Crippen LogP contribution is 2.24. The van der Waals surface area contributed by atoms with Gasteiger partial charge in [0.1, 0.15) is 13.5 Å². The second kappa shape index (κ2) is 3.26. The van der Waals surface area contributed by atoms with Gasteiger partial charge in [-0.05, 0) is 11.2 Å². The van der Waals surface area contributed by atoms with Crippen LogP contribution in [0.25, 0.3) is 0 Å². The van der Waals surface area contributed by atoms with Gasteiger partial charge in [-0.15, -0.1) is 4.91 Å². The number of hydrogen-bond acceptors (Lipinski definition) is 4. The number of nitrogen functional groups attached to an aromatic ring is 1. The third kappa shape index (κ3) is 1.51. The van der Waals surface area contributed by atoms with Crippen molar-refractivity contribution in [1.29, 1.82) is 0 Å². The van der Waals surface area contributed by atoms with Gasteiger partial charge >= 0.3 is 5.97 Å². The standard InChI is InChI=1S/C7H7BN2O3/c8-3-1-2-4(9)6(10-13)5(3)7(11)12/h1-2H,8-9H2,(H,11,12). The van der Waals surface area contributed by atoms with E-state index in [0.717, 1.165) is 0 Å². The van der Waals surface area contributed by atoms with Crippen LogP contribution < -0.4 is 11.2 Å². The predicted molar refractivity (Wildman–Crippen MR) is 51.4 cm³/mol. The molecule has 0 saturated heterocycles. The number of aromatic carboxylic acids is 1. The Balaban J connectivity index is 3.52. The van der Waals surface area contributed by atoms with Crippen LogP contribution in [0.5, 0.6) is 0 Å². The summed E-state index contributed by atoms with van der Waals surface area (Å²) >= 11 is 0. The predicted octanol–water partition coefficient (Wildman–Crippen LogP) is -0.377. The maximum atomic E-state index is 10.7. The summed E-state index contributed by atoms with van der Waals surface area (Å²) in [6, 6.07) is 2.99. The number of nitroso groups, excluding NO2 is 1. The average Bonchev–Trinajstić information content (AvgIpc) is 2.07. The Morgan fingerprint density at radius 1 is 1.54 bits per heavy atom. The lowest BCUT2D eigenvalue weighted by molar-refractivity contribution is 0.0699. The van der Waals surface area contributed by atoms with Crippen LogP contribution in [0.4, 0.5) is 11.4 Å². The monoisotopic (exact) mass is 178 g/mol. The van der Waals surface area contributed by atoms with Crippen molar-refractivity contribution in [2.75, 3.05) is 5.73 Å². The fourth-order valence-electron chi connectivity index (χ4n) is 1.08. The number of carboxylic acids is 1. The van der Waals surface area contributed by atoms with E-state index >= 15 is 0 Å². The minimum Gasteiger partial charge on any atom is -0.478 e. The molecule has 0 bridgehead atoms. The summed E-state index contributed by atoms with van der Waals surface area (Å²) in [7, 11) is 1.58. The Kier molecular flexibility index (Phi) is 2.32. The van der Waals surface area contributed by atoms with Gasteiger partial charge < -0.3 is 10.8 Å². The van der Waals surface area contributed by atoms with E-state index in [1.165, 1.54) is 12.1 Å². The molecule has 0 saturated carbocycles. The number of rotatable bonds is 2. The minimum absolute atomic E-state index is 0.0815. The molecule has 1 aromatic carbocycles. The number of benzene rings is 1. The Morgan fingerprint density at radius 2 is 2.15 bits per heavy atom. The third-order valence-corrected chi connectivity index (χ3v) is 1.72. The SMILES string of the molecule is Bc1ccc(N)c(N=O)c1C(=O)O. The number of nitrogens with zero attached hydrogens (tertiary/aromatic N) is 1. The van der Waals surface area contributed by atoms with Gasteiger partial charge in [-0.3, -0.25) is 0 Å². The topological polar surface area (TPSA) is 92.8 Å². The van der Waals surface area contributed by atoms with Crippen molar-refractivity contribution in [2.24, 2.45) is 5.18 Å². The molecule has 0 fully saturated rings. The van der Waals surface area contributed by atoms with Gasteiger partial charge in [0.25, 0.3) is 0 Å². The zero-order chi connectivity index (χ0) is 10.0. The van der Waals surface area contributed by atoms with E-state index in [1.54, 1.807) is 7.85 Å². The maximum absolute atomic E-state index is 10.7. The highest BCUT2D eigenvalue weighted by atomic mass is 16.4. The Hall–Kier alpha value is -1.85. The van der Waals surface area contributed by atoms with Crippen molar-refractivity contribution in [2.45, 2.75) is 0 Å². The lowest BCUT2D eigenvalue weighted by Crippen LogP contribution is -2.16.